The summed E-state index contributed by atoms with van der Waals surface area (Å²) in [6.45, 7) is 0. The molecule has 0 atom stereocenters. The number of nitrogen functional groups attached to an aromatic ring is 1. The molecule has 0 saturated carbocycles. The Morgan fingerprint density at radius 1 is 1.05 bits per heavy atom. The van der Waals surface area contributed by atoms with Crippen LogP contribution >= 0.6 is 23.2 Å². The monoisotopic (exact) mass is 313 g/mol. The maximum Gasteiger partial charge on any atom is 0.205 e. The van der Waals surface area contributed by atoms with Crippen molar-refractivity contribution in [3.05, 3.63) is 52.0 Å². The fourth-order valence-corrected chi connectivity index (χ4v) is 2.40. The summed E-state index contributed by atoms with van der Waals surface area (Å²) in [5.41, 5.74) is 6.96. The van der Waals surface area contributed by atoms with Gasteiger partial charge in [-0.2, -0.15) is 0 Å². The summed E-state index contributed by atoms with van der Waals surface area (Å²) < 4.78 is 28.4. The summed E-state index contributed by atoms with van der Waals surface area (Å²) in [4.78, 5) is 4.07. The molecule has 0 aliphatic heterocycles. The Balaban J connectivity index is 2.35. The van der Waals surface area contributed by atoms with Crippen molar-refractivity contribution in [1.82, 2.24) is 9.55 Å². The minimum atomic E-state index is -0.609. The average Bonchev–Trinajstić information content (AvgIpc) is 2.64. The van der Waals surface area contributed by atoms with Crippen molar-refractivity contribution < 1.29 is 8.78 Å². The molecule has 0 spiro atoms. The van der Waals surface area contributed by atoms with Crippen LogP contribution in [0.25, 0.3) is 16.7 Å². The first kappa shape index (κ1) is 13.1. The summed E-state index contributed by atoms with van der Waals surface area (Å²) in [6.07, 6.45) is 0. The lowest BCUT2D eigenvalue weighted by atomic mass is 10.2. The first-order chi connectivity index (χ1) is 9.45. The zero-order valence-electron chi connectivity index (χ0n) is 9.87. The third-order valence-electron chi connectivity index (χ3n) is 2.83. The lowest BCUT2D eigenvalue weighted by Crippen LogP contribution is -2.01. The highest BCUT2D eigenvalue weighted by Crippen LogP contribution is 2.29. The van der Waals surface area contributed by atoms with Crippen LogP contribution < -0.4 is 5.73 Å². The number of aromatic nitrogens is 2. The molecular weight excluding hydrogens is 307 g/mol. The largest absolute Gasteiger partial charge is 0.369 e. The normalized spacial score (nSPS) is 11.2. The topological polar surface area (TPSA) is 43.8 Å². The van der Waals surface area contributed by atoms with E-state index in [0.717, 1.165) is 6.07 Å². The number of rotatable bonds is 1. The number of hydrogen-bond donors (Lipinski definition) is 1. The third kappa shape index (κ3) is 2.09. The highest BCUT2D eigenvalue weighted by molar-refractivity contribution is 6.31. The maximum absolute atomic E-state index is 13.6. The average molecular weight is 314 g/mol. The van der Waals surface area contributed by atoms with Crippen molar-refractivity contribution in [2.75, 3.05) is 5.73 Å². The molecule has 0 radical (unpaired) electrons. The predicted molar refractivity (Wildman–Crippen MR) is 75.4 cm³/mol. The smallest absolute Gasteiger partial charge is 0.205 e. The molecule has 0 unspecified atom stereocenters. The molecule has 1 aromatic heterocycles. The second-order valence-electron chi connectivity index (χ2n) is 4.19. The van der Waals surface area contributed by atoms with E-state index in [-0.39, 0.29) is 16.0 Å². The van der Waals surface area contributed by atoms with Crippen molar-refractivity contribution >= 4 is 40.2 Å². The fourth-order valence-electron chi connectivity index (χ4n) is 2.03. The predicted octanol–water partition coefficient (Wildman–Crippen LogP) is 4.19. The minimum absolute atomic E-state index is 0.0561. The number of fused-ring (bicyclic) bond motifs is 1. The van der Waals surface area contributed by atoms with E-state index in [1.54, 1.807) is 0 Å². The molecule has 1 heterocycles. The van der Waals surface area contributed by atoms with Gasteiger partial charge in [-0.15, -0.1) is 0 Å². The van der Waals surface area contributed by atoms with Gasteiger partial charge in [0.05, 0.1) is 21.7 Å². The van der Waals surface area contributed by atoms with E-state index in [1.807, 2.05) is 0 Å². The molecule has 0 aliphatic rings. The lowest BCUT2D eigenvalue weighted by Gasteiger charge is -2.07. The number of hydrogen-bond acceptors (Lipinski definition) is 2. The van der Waals surface area contributed by atoms with Gasteiger partial charge in [0.25, 0.3) is 0 Å². The van der Waals surface area contributed by atoms with Crippen LogP contribution in [0.1, 0.15) is 0 Å². The lowest BCUT2D eigenvalue weighted by molar-refractivity contribution is 0.626. The summed E-state index contributed by atoms with van der Waals surface area (Å²) >= 11 is 11.5. The molecule has 102 valence electrons. The van der Waals surface area contributed by atoms with Gasteiger partial charge < -0.3 is 5.73 Å². The van der Waals surface area contributed by atoms with Crippen molar-refractivity contribution in [3.8, 4) is 5.69 Å². The number of imidazole rings is 1. The SMILES string of the molecule is Nc1nc2cc(Cl)c(F)cc2n1-c1cc(F)cc(Cl)c1. The van der Waals surface area contributed by atoms with E-state index in [4.69, 9.17) is 28.9 Å². The molecule has 3 rings (SSSR count). The Hall–Kier alpha value is -1.85. The zero-order valence-corrected chi connectivity index (χ0v) is 11.4. The Bertz CT molecular complexity index is 810. The van der Waals surface area contributed by atoms with E-state index in [1.165, 1.54) is 28.8 Å². The standard InChI is InChI=1S/C13H7Cl2F2N3/c14-6-1-7(16)3-8(2-6)20-12-5-10(17)9(15)4-11(12)19-13(20)18/h1-5H,(H2,18,19). The molecule has 0 bridgehead atoms. The van der Waals surface area contributed by atoms with Crippen molar-refractivity contribution in [2.24, 2.45) is 0 Å². The molecule has 0 amide bonds. The summed E-state index contributed by atoms with van der Waals surface area (Å²) in [5, 5.41) is 0.148. The quantitative estimate of drug-likeness (QED) is 0.732. The fraction of sp³-hybridized carbons (Fsp3) is 0. The number of anilines is 1. The van der Waals surface area contributed by atoms with Gasteiger partial charge in [0.2, 0.25) is 5.95 Å². The zero-order chi connectivity index (χ0) is 14.4. The van der Waals surface area contributed by atoms with Crippen LogP contribution in [0, 0.1) is 11.6 Å². The Labute approximate surface area is 122 Å². The summed E-state index contributed by atoms with van der Waals surface area (Å²) in [5.74, 6) is -1.05. The highest BCUT2D eigenvalue weighted by atomic mass is 35.5. The van der Waals surface area contributed by atoms with Crippen LogP contribution in [0.15, 0.2) is 30.3 Å². The Morgan fingerprint density at radius 2 is 1.80 bits per heavy atom. The Morgan fingerprint density at radius 3 is 2.50 bits per heavy atom. The van der Waals surface area contributed by atoms with E-state index in [2.05, 4.69) is 4.98 Å². The summed E-state index contributed by atoms with van der Waals surface area (Å²) in [6, 6.07) is 6.46. The van der Waals surface area contributed by atoms with E-state index >= 15 is 0 Å². The molecule has 20 heavy (non-hydrogen) atoms. The number of nitrogens with two attached hydrogens (primary N) is 1. The van der Waals surface area contributed by atoms with Gasteiger partial charge in [-0.1, -0.05) is 23.2 Å². The van der Waals surface area contributed by atoms with Crippen LogP contribution in [0.2, 0.25) is 10.0 Å². The molecule has 3 aromatic rings. The van der Waals surface area contributed by atoms with Gasteiger partial charge in [0.15, 0.2) is 0 Å². The molecule has 0 aliphatic carbocycles. The minimum Gasteiger partial charge on any atom is -0.369 e. The van der Waals surface area contributed by atoms with Gasteiger partial charge in [-0.05, 0) is 24.3 Å². The van der Waals surface area contributed by atoms with Gasteiger partial charge in [0.1, 0.15) is 11.6 Å². The summed E-state index contributed by atoms with van der Waals surface area (Å²) in [7, 11) is 0. The van der Waals surface area contributed by atoms with Crippen LogP contribution in [0.4, 0.5) is 14.7 Å². The van der Waals surface area contributed by atoms with Crippen molar-refractivity contribution in [2.45, 2.75) is 0 Å². The van der Waals surface area contributed by atoms with Gasteiger partial charge in [-0.3, -0.25) is 4.57 Å². The van der Waals surface area contributed by atoms with Gasteiger partial charge >= 0.3 is 0 Å². The van der Waals surface area contributed by atoms with E-state index in [0.29, 0.717) is 16.7 Å². The van der Waals surface area contributed by atoms with Crippen molar-refractivity contribution in [1.29, 1.82) is 0 Å². The van der Waals surface area contributed by atoms with Gasteiger partial charge in [-0.25, -0.2) is 13.8 Å². The first-order valence-corrected chi connectivity index (χ1v) is 6.31. The van der Waals surface area contributed by atoms with Crippen LogP contribution in [0.5, 0.6) is 0 Å². The maximum atomic E-state index is 13.6. The van der Waals surface area contributed by atoms with E-state index in [9.17, 15) is 8.78 Å². The molecule has 7 heteroatoms. The first-order valence-electron chi connectivity index (χ1n) is 5.55. The highest BCUT2D eigenvalue weighted by Gasteiger charge is 2.14. The van der Waals surface area contributed by atoms with Crippen LogP contribution in [0.3, 0.4) is 0 Å². The van der Waals surface area contributed by atoms with Crippen LogP contribution in [-0.2, 0) is 0 Å². The number of nitrogens with zero attached hydrogens (tertiary/aromatic N) is 2. The Kier molecular flexibility index (Phi) is 3.03. The second kappa shape index (κ2) is 4.61. The molecule has 2 aromatic carbocycles. The van der Waals surface area contributed by atoms with Gasteiger partial charge in [0, 0.05) is 11.1 Å². The number of benzene rings is 2. The molecule has 0 saturated heterocycles. The van der Waals surface area contributed by atoms with E-state index < -0.39 is 11.6 Å². The van der Waals surface area contributed by atoms with Crippen LogP contribution in [-0.4, -0.2) is 9.55 Å². The van der Waals surface area contributed by atoms with Crippen molar-refractivity contribution in [3.63, 3.8) is 0 Å². The molecular formula is C13H7Cl2F2N3. The second-order valence-corrected chi connectivity index (χ2v) is 5.03. The number of halogens is 4. The molecule has 0 fully saturated rings. The molecule has 3 nitrogen and oxygen atoms in total. The third-order valence-corrected chi connectivity index (χ3v) is 3.34. The molecule has 2 N–H and O–H groups in total.